The van der Waals surface area contributed by atoms with Crippen LogP contribution in [0.2, 0.25) is 0 Å². The van der Waals surface area contributed by atoms with Crippen molar-refractivity contribution in [2.75, 3.05) is 26.2 Å². The highest BCUT2D eigenvalue weighted by atomic mass is 15.1. The van der Waals surface area contributed by atoms with Crippen molar-refractivity contribution in [1.29, 1.82) is 0 Å². The van der Waals surface area contributed by atoms with E-state index in [1.165, 1.54) is 38.2 Å². The summed E-state index contributed by atoms with van der Waals surface area (Å²) >= 11 is 0. The van der Waals surface area contributed by atoms with Crippen LogP contribution in [0.3, 0.4) is 0 Å². The van der Waals surface area contributed by atoms with Gasteiger partial charge < -0.3 is 10.2 Å². The van der Waals surface area contributed by atoms with Gasteiger partial charge in [0.1, 0.15) is 0 Å². The second-order valence-electron chi connectivity index (χ2n) is 4.61. The van der Waals surface area contributed by atoms with Crippen molar-refractivity contribution in [2.24, 2.45) is 5.92 Å². The highest BCUT2D eigenvalue weighted by molar-refractivity contribution is 4.96. The first-order valence-corrected chi connectivity index (χ1v) is 6.30. The molecule has 0 saturated carbocycles. The van der Waals surface area contributed by atoms with E-state index in [0.29, 0.717) is 0 Å². The fourth-order valence-corrected chi connectivity index (χ4v) is 2.40. The molecule has 4 heteroatoms. The van der Waals surface area contributed by atoms with Crippen molar-refractivity contribution < 1.29 is 0 Å². The van der Waals surface area contributed by atoms with Crippen LogP contribution in [0.1, 0.15) is 25.5 Å². The van der Waals surface area contributed by atoms with Crippen molar-refractivity contribution in [3.63, 3.8) is 0 Å². The molecule has 1 atom stereocenters. The average molecular weight is 222 g/mol. The number of aromatic nitrogens is 2. The van der Waals surface area contributed by atoms with E-state index in [0.717, 1.165) is 19.0 Å². The Bertz CT molecular complexity index is 283. The molecule has 1 aliphatic rings. The third kappa shape index (κ3) is 3.32. The first-order chi connectivity index (χ1) is 7.88. The summed E-state index contributed by atoms with van der Waals surface area (Å²) in [5.41, 5.74) is 1.17. The van der Waals surface area contributed by atoms with Crippen LogP contribution >= 0.6 is 0 Å². The van der Waals surface area contributed by atoms with Gasteiger partial charge in [-0.1, -0.05) is 6.92 Å². The highest BCUT2D eigenvalue weighted by Crippen LogP contribution is 2.15. The SMILES string of the molecule is CCN1CCCC(CNCc2ccn[nH]2)C1. The molecule has 4 nitrogen and oxygen atoms in total. The Kier molecular flexibility index (Phi) is 4.36. The standard InChI is InChI=1S/C12H22N4/c1-2-16-7-3-4-11(10-16)8-13-9-12-5-6-14-15-12/h5-6,11,13H,2-4,7-10H2,1H3,(H,14,15). The van der Waals surface area contributed by atoms with Crippen molar-refractivity contribution in [3.8, 4) is 0 Å². The number of nitrogens with one attached hydrogen (secondary N) is 2. The van der Waals surface area contributed by atoms with Crippen molar-refractivity contribution in [3.05, 3.63) is 18.0 Å². The number of nitrogens with zero attached hydrogens (tertiary/aromatic N) is 2. The molecule has 2 heterocycles. The summed E-state index contributed by atoms with van der Waals surface area (Å²) in [6, 6.07) is 2.02. The molecule has 1 aromatic rings. The van der Waals surface area contributed by atoms with E-state index in [1.54, 1.807) is 6.20 Å². The van der Waals surface area contributed by atoms with E-state index in [2.05, 4.69) is 27.3 Å². The average Bonchev–Trinajstić information content (AvgIpc) is 2.82. The van der Waals surface area contributed by atoms with Crippen molar-refractivity contribution >= 4 is 0 Å². The van der Waals surface area contributed by atoms with Gasteiger partial charge in [0.25, 0.3) is 0 Å². The minimum absolute atomic E-state index is 0.816. The van der Waals surface area contributed by atoms with Gasteiger partial charge in [-0.15, -0.1) is 0 Å². The van der Waals surface area contributed by atoms with E-state index < -0.39 is 0 Å². The Balaban J connectivity index is 1.65. The van der Waals surface area contributed by atoms with Gasteiger partial charge in [0.05, 0.1) is 0 Å². The van der Waals surface area contributed by atoms with Crippen molar-refractivity contribution in [1.82, 2.24) is 20.4 Å². The molecule has 1 fully saturated rings. The summed E-state index contributed by atoms with van der Waals surface area (Å²) in [4.78, 5) is 2.55. The van der Waals surface area contributed by atoms with Crippen LogP contribution in [0.25, 0.3) is 0 Å². The van der Waals surface area contributed by atoms with Gasteiger partial charge in [-0.25, -0.2) is 0 Å². The topological polar surface area (TPSA) is 44.0 Å². The predicted molar refractivity (Wildman–Crippen MR) is 65.1 cm³/mol. The van der Waals surface area contributed by atoms with Crippen LogP contribution in [0, 0.1) is 5.92 Å². The summed E-state index contributed by atoms with van der Waals surface area (Å²) < 4.78 is 0. The fourth-order valence-electron chi connectivity index (χ4n) is 2.40. The molecule has 0 spiro atoms. The molecule has 0 aromatic carbocycles. The van der Waals surface area contributed by atoms with Gasteiger partial charge in [-0.05, 0) is 44.5 Å². The molecule has 0 amide bonds. The molecule has 0 radical (unpaired) electrons. The molecule has 1 aliphatic heterocycles. The van der Waals surface area contributed by atoms with Crippen LogP contribution in [-0.4, -0.2) is 41.3 Å². The Morgan fingerprint density at radius 3 is 3.31 bits per heavy atom. The zero-order valence-electron chi connectivity index (χ0n) is 10.1. The summed E-state index contributed by atoms with van der Waals surface area (Å²) in [5, 5.41) is 10.4. The number of hydrogen-bond donors (Lipinski definition) is 2. The molecule has 0 aliphatic carbocycles. The quantitative estimate of drug-likeness (QED) is 0.787. The highest BCUT2D eigenvalue weighted by Gasteiger charge is 2.17. The number of H-pyrrole nitrogens is 1. The van der Waals surface area contributed by atoms with Gasteiger partial charge in [0, 0.05) is 25.0 Å². The number of piperidine rings is 1. The van der Waals surface area contributed by atoms with E-state index in [1.807, 2.05) is 6.07 Å². The van der Waals surface area contributed by atoms with Gasteiger partial charge in [0.2, 0.25) is 0 Å². The van der Waals surface area contributed by atoms with E-state index >= 15 is 0 Å². The summed E-state index contributed by atoms with van der Waals surface area (Å²) in [7, 11) is 0. The Morgan fingerprint density at radius 2 is 2.56 bits per heavy atom. The monoisotopic (exact) mass is 222 g/mol. The van der Waals surface area contributed by atoms with Crippen LogP contribution in [-0.2, 0) is 6.54 Å². The minimum atomic E-state index is 0.816. The van der Waals surface area contributed by atoms with E-state index in [-0.39, 0.29) is 0 Å². The molecule has 16 heavy (non-hydrogen) atoms. The summed E-state index contributed by atoms with van der Waals surface area (Å²) in [6.45, 7) is 8.01. The maximum Gasteiger partial charge on any atom is 0.0490 e. The molecular weight excluding hydrogens is 200 g/mol. The van der Waals surface area contributed by atoms with Crippen LogP contribution in [0.4, 0.5) is 0 Å². The van der Waals surface area contributed by atoms with Crippen LogP contribution in [0.5, 0.6) is 0 Å². The van der Waals surface area contributed by atoms with Gasteiger partial charge in [-0.3, -0.25) is 5.10 Å². The zero-order valence-corrected chi connectivity index (χ0v) is 10.1. The normalized spacial score (nSPS) is 22.4. The lowest BCUT2D eigenvalue weighted by Crippen LogP contribution is -2.39. The summed E-state index contributed by atoms with van der Waals surface area (Å²) in [6.07, 6.45) is 4.52. The first kappa shape index (κ1) is 11.6. The lowest BCUT2D eigenvalue weighted by atomic mass is 9.98. The summed E-state index contributed by atoms with van der Waals surface area (Å²) in [5.74, 6) is 0.816. The van der Waals surface area contributed by atoms with E-state index in [9.17, 15) is 0 Å². The Morgan fingerprint density at radius 1 is 1.62 bits per heavy atom. The van der Waals surface area contributed by atoms with Crippen LogP contribution < -0.4 is 5.32 Å². The number of rotatable bonds is 5. The predicted octanol–water partition coefficient (Wildman–Crippen LogP) is 1.23. The maximum absolute atomic E-state index is 3.94. The molecule has 1 saturated heterocycles. The molecule has 2 rings (SSSR count). The van der Waals surface area contributed by atoms with Crippen molar-refractivity contribution in [2.45, 2.75) is 26.3 Å². The zero-order chi connectivity index (χ0) is 11.2. The molecule has 0 bridgehead atoms. The Labute approximate surface area is 97.4 Å². The lowest BCUT2D eigenvalue weighted by Gasteiger charge is -2.31. The number of likely N-dealkylation sites (tertiary alicyclic amines) is 1. The minimum Gasteiger partial charge on any atom is -0.311 e. The van der Waals surface area contributed by atoms with Gasteiger partial charge in [0.15, 0.2) is 0 Å². The number of hydrogen-bond acceptors (Lipinski definition) is 3. The third-order valence-electron chi connectivity index (χ3n) is 3.36. The molecular formula is C12H22N4. The third-order valence-corrected chi connectivity index (χ3v) is 3.36. The Hall–Kier alpha value is -0.870. The van der Waals surface area contributed by atoms with E-state index in [4.69, 9.17) is 0 Å². The second kappa shape index (κ2) is 6.01. The molecule has 2 N–H and O–H groups in total. The maximum atomic E-state index is 3.94. The van der Waals surface area contributed by atoms with Gasteiger partial charge in [-0.2, -0.15) is 5.10 Å². The molecule has 1 aromatic heterocycles. The fraction of sp³-hybridized carbons (Fsp3) is 0.750. The molecule has 1 unspecified atom stereocenters. The first-order valence-electron chi connectivity index (χ1n) is 6.30. The second-order valence-corrected chi connectivity index (χ2v) is 4.61. The molecule has 90 valence electrons. The lowest BCUT2D eigenvalue weighted by molar-refractivity contribution is 0.180. The number of aromatic amines is 1. The smallest absolute Gasteiger partial charge is 0.0490 e. The van der Waals surface area contributed by atoms with Gasteiger partial charge >= 0.3 is 0 Å². The van der Waals surface area contributed by atoms with Crippen LogP contribution in [0.15, 0.2) is 12.3 Å². The largest absolute Gasteiger partial charge is 0.311 e.